The zero-order chi connectivity index (χ0) is 7.28. The quantitative estimate of drug-likeness (QED) is 0.586. The van der Waals surface area contributed by atoms with Crippen LogP contribution in [0.15, 0.2) is 0 Å². The minimum absolute atomic E-state index is 0.743. The normalized spacial score (nSPS) is 14.3. The zero-order valence-electron chi connectivity index (χ0n) is 6.68. The molecule has 0 aliphatic rings. The monoisotopic (exact) mass is 145 g/mol. The van der Waals surface area contributed by atoms with Gasteiger partial charge in [-0.05, 0) is 18.1 Å². The van der Waals surface area contributed by atoms with E-state index in [0.29, 0.717) is 0 Å². The van der Waals surface area contributed by atoms with Gasteiger partial charge in [-0.25, -0.2) is 0 Å². The zero-order valence-corrected chi connectivity index (χ0v) is 7.50. The van der Waals surface area contributed by atoms with E-state index in [2.05, 4.69) is 27.7 Å². The second-order valence-electron chi connectivity index (χ2n) is 2.83. The second kappa shape index (κ2) is 5.16. The Morgan fingerprint density at radius 3 is 2.22 bits per heavy atom. The first-order valence-corrected chi connectivity index (χ1v) is 4.62. The molecule has 0 aromatic heterocycles. The third-order valence-electron chi connectivity index (χ3n) is 1.12. The number of thioether (sulfide) groups is 1. The van der Waals surface area contributed by atoms with E-state index in [-0.39, 0.29) is 0 Å². The van der Waals surface area contributed by atoms with Crippen molar-refractivity contribution in [3.05, 3.63) is 6.92 Å². The SMILES string of the molecule is [CH2]CC(C)SCC(C)C. The number of hydrogen-bond acceptors (Lipinski definition) is 1. The Labute approximate surface area is 63.4 Å². The van der Waals surface area contributed by atoms with Gasteiger partial charge in [-0.3, -0.25) is 0 Å². The van der Waals surface area contributed by atoms with Crippen LogP contribution in [0.3, 0.4) is 0 Å². The molecule has 1 unspecified atom stereocenters. The van der Waals surface area contributed by atoms with E-state index >= 15 is 0 Å². The topological polar surface area (TPSA) is 0 Å². The average Bonchev–Trinajstić information content (AvgIpc) is 1.83. The molecule has 0 aliphatic carbocycles. The van der Waals surface area contributed by atoms with Crippen LogP contribution < -0.4 is 0 Å². The van der Waals surface area contributed by atoms with Crippen molar-refractivity contribution in [3.63, 3.8) is 0 Å². The summed E-state index contributed by atoms with van der Waals surface area (Å²) >= 11 is 2.02. The first-order chi connectivity index (χ1) is 4.16. The van der Waals surface area contributed by atoms with Crippen molar-refractivity contribution in [1.82, 2.24) is 0 Å². The predicted octanol–water partition coefficient (Wildman–Crippen LogP) is 2.99. The van der Waals surface area contributed by atoms with E-state index in [1.807, 2.05) is 11.8 Å². The predicted molar refractivity (Wildman–Crippen MR) is 46.7 cm³/mol. The highest BCUT2D eigenvalue weighted by Gasteiger charge is 1.99. The fourth-order valence-electron chi connectivity index (χ4n) is 0.440. The molecule has 0 rings (SSSR count). The van der Waals surface area contributed by atoms with Gasteiger partial charge >= 0.3 is 0 Å². The molecule has 0 spiro atoms. The van der Waals surface area contributed by atoms with Crippen molar-refractivity contribution >= 4 is 11.8 Å². The molecule has 55 valence electrons. The van der Waals surface area contributed by atoms with Crippen molar-refractivity contribution in [2.45, 2.75) is 32.4 Å². The largest absolute Gasteiger partial charge is 0.159 e. The molecule has 0 saturated heterocycles. The number of rotatable bonds is 4. The van der Waals surface area contributed by atoms with Gasteiger partial charge in [0.15, 0.2) is 0 Å². The summed E-state index contributed by atoms with van der Waals surface area (Å²) in [5.74, 6) is 2.10. The molecule has 9 heavy (non-hydrogen) atoms. The van der Waals surface area contributed by atoms with Gasteiger partial charge in [0, 0.05) is 5.25 Å². The summed E-state index contributed by atoms with van der Waals surface area (Å²) < 4.78 is 0. The molecule has 1 heteroatoms. The highest BCUT2D eigenvalue weighted by molar-refractivity contribution is 7.99. The Morgan fingerprint density at radius 2 is 1.89 bits per heavy atom. The Bertz CT molecular complexity index is 59.6. The molecular formula is C8H17S. The van der Waals surface area contributed by atoms with E-state index < -0.39 is 0 Å². The van der Waals surface area contributed by atoms with Crippen LogP contribution in [0.5, 0.6) is 0 Å². The fraction of sp³-hybridized carbons (Fsp3) is 0.875. The van der Waals surface area contributed by atoms with E-state index in [1.54, 1.807) is 0 Å². The summed E-state index contributed by atoms with van der Waals surface area (Å²) in [5.41, 5.74) is 0. The highest BCUT2D eigenvalue weighted by Crippen LogP contribution is 2.16. The molecule has 0 fully saturated rings. The summed E-state index contributed by atoms with van der Waals surface area (Å²) in [6.45, 7) is 10.6. The Hall–Kier alpha value is 0.350. The van der Waals surface area contributed by atoms with Gasteiger partial charge in [-0.2, -0.15) is 11.8 Å². The number of hydrogen-bond donors (Lipinski definition) is 0. The van der Waals surface area contributed by atoms with Crippen LogP contribution in [0.2, 0.25) is 0 Å². The lowest BCUT2D eigenvalue weighted by atomic mass is 10.3. The Morgan fingerprint density at radius 1 is 1.33 bits per heavy atom. The van der Waals surface area contributed by atoms with Crippen LogP contribution in [0, 0.1) is 12.8 Å². The lowest BCUT2D eigenvalue weighted by molar-refractivity contribution is 0.747. The molecule has 0 amide bonds. The highest BCUT2D eigenvalue weighted by atomic mass is 32.2. The fourth-order valence-corrected chi connectivity index (χ4v) is 1.32. The molecule has 0 nitrogen and oxygen atoms in total. The summed E-state index contributed by atoms with van der Waals surface area (Å²) in [6, 6.07) is 0. The standard InChI is InChI=1S/C8H17S/c1-5-8(4)9-6-7(2)3/h7-8H,1,5-6H2,2-4H3. The van der Waals surface area contributed by atoms with Crippen molar-refractivity contribution in [2.24, 2.45) is 5.92 Å². The van der Waals surface area contributed by atoms with Gasteiger partial charge in [0.2, 0.25) is 0 Å². The third-order valence-corrected chi connectivity index (χ3v) is 2.78. The minimum Gasteiger partial charge on any atom is -0.159 e. The van der Waals surface area contributed by atoms with Gasteiger partial charge in [0.05, 0.1) is 0 Å². The third kappa shape index (κ3) is 6.23. The summed E-state index contributed by atoms with van der Waals surface area (Å²) in [6.07, 6.45) is 1.05. The second-order valence-corrected chi connectivity index (χ2v) is 4.30. The van der Waals surface area contributed by atoms with Crippen LogP contribution >= 0.6 is 11.8 Å². The molecule has 1 atom stereocenters. The molecule has 0 aromatic rings. The Kier molecular flexibility index (Phi) is 5.36. The molecular weight excluding hydrogens is 128 g/mol. The molecule has 0 aliphatic heterocycles. The molecule has 0 saturated carbocycles. The maximum atomic E-state index is 3.84. The van der Waals surface area contributed by atoms with Crippen LogP contribution in [-0.4, -0.2) is 11.0 Å². The van der Waals surface area contributed by atoms with Gasteiger partial charge < -0.3 is 0 Å². The van der Waals surface area contributed by atoms with Crippen LogP contribution in [0.1, 0.15) is 27.2 Å². The minimum atomic E-state index is 0.743. The van der Waals surface area contributed by atoms with Crippen LogP contribution in [0.25, 0.3) is 0 Å². The van der Waals surface area contributed by atoms with Crippen molar-refractivity contribution in [3.8, 4) is 0 Å². The van der Waals surface area contributed by atoms with Crippen molar-refractivity contribution < 1.29 is 0 Å². The molecule has 0 N–H and O–H groups in total. The van der Waals surface area contributed by atoms with Gasteiger partial charge in [0.1, 0.15) is 0 Å². The lowest BCUT2D eigenvalue weighted by Crippen LogP contribution is -1.98. The van der Waals surface area contributed by atoms with E-state index in [0.717, 1.165) is 17.6 Å². The molecule has 0 heterocycles. The maximum Gasteiger partial charge on any atom is 0.00188 e. The maximum absolute atomic E-state index is 3.84. The van der Waals surface area contributed by atoms with Crippen LogP contribution in [-0.2, 0) is 0 Å². The summed E-state index contributed by atoms with van der Waals surface area (Å²) in [7, 11) is 0. The lowest BCUT2D eigenvalue weighted by Gasteiger charge is -2.09. The molecule has 0 bridgehead atoms. The smallest absolute Gasteiger partial charge is 0.00188 e. The van der Waals surface area contributed by atoms with E-state index in [1.165, 1.54) is 5.75 Å². The first-order valence-electron chi connectivity index (χ1n) is 3.57. The average molecular weight is 145 g/mol. The van der Waals surface area contributed by atoms with Crippen molar-refractivity contribution in [1.29, 1.82) is 0 Å². The molecule has 0 aromatic carbocycles. The van der Waals surface area contributed by atoms with E-state index in [4.69, 9.17) is 0 Å². The Balaban J connectivity index is 3.06. The van der Waals surface area contributed by atoms with Gasteiger partial charge in [-0.15, -0.1) is 0 Å². The van der Waals surface area contributed by atoms with Gasteiger partial charge in [0.25, 0.3) is 0 Å². The van der Waals surface area contributed by atoms with E-state index in [9.17, 15) is 0 Å². The first kappa shape index (κ1) is 9.35. The molecule has 1 radical (unpaired) electrons. The van der Waals surface area contributed by atoms with Gasteiger partial charge in [-0.1, -0.05) is 27.7 Å². The summed E-state index contributed by atoms with van der Waals surface area (Å²) in [5, 5.41) is 0.743. The van der Waals surface area contributed by atoms with Crippen LogP contribution in [0.4, 0.5) is 0 Å². The summed E-state index contributed by atoms with van der Waals surface area (Å²) in [4.78, 5) is 0. The van der Waals surface area contributed by atoms with Crippen molar-refractivity contribution in [2.75, 3.05) is 5.75 Å².